The van der Waals surface area contributed by atoms with E-state index in [2.05, 4.69) is 93.7 Å². The molecule has 0 bridgehead atoms. The molecule has 1 atom stereocenters. The molecule has 1 unspecified atom stereocenters. The van der Waals surface area contributed by atoms with Gasteiger partial charge in [0.1, 0.15) is 13.2 Å². The maximum atomic E-state index is 13.0. The quantitative estimate of drug-likeness (QED) is 0.0261. The van der Waals surface area contributed by atoms with Gasteiger partial charge in [-0.2, -0.15) is 0 Å². The van der Waals surface area contributed by atoms with Gasteiger partial charge in [-0.15, -0.1) is 0 Å². The van der Waals surface area contributed by atoms with Crippen LogP contribution in [0.15, 0.2) is 72.9 Å². The number of carbonyl (C=O) groups is 3. The highest BCUT2D eigenvalue weighted by Crippen LogP contribution is 2.18. The number of unbranched alkanes of at least 4 members (excludes halogenated alkanes) is 44. The molecule has 0 rings (SSSR count). The van der Waals surface area contributed by atoms with Gasteiger partial charge >= 0.3 is 17.9 Å². The average Bonchev–Trinajstić information content (AvgIpc) is 3.49. The van der Waals surface area contributed by atoms with Crippen molar-refractivity contribution in [3.8, 4) is 0 Å². The molecule has 0 fully saturated rings. The van der Waals surface area contributed by atoms with Gasteiger partial charge in [-0.25, -0.2) is 0 Å². The van der Waals surface area contributed by atoms with Crippen LogP contribution in [0.1, 0.15) is 380 Å². The zero-order valence-corrected chi connectivity index (χ0v) is 55.5. The molecule has 0 aliphatic carbocycles. The average molecular weight is 1160 g/mol. The third kappa shape index (κ3) is 69.5. The molecule has 0 saturated carbocycles. The molecule has 0 N–H and O–H groups in total. The molecule has 0 radical (unpaired) electrons. The molecule has 0 aromatic rings. The van der Waals surface area contributed by atoms with Gasteiger partial charge in [0, 0.05) is 19.3 Å². The maximum absolute atomic E-state index is 13.0. The van der Waals surface area contributed by atoms with Gasteiger partial charge in [0.05, 0.1) is 0 Å². The van der Waals surface area contributed by atoms with E-state index in [1.807, 2.05) is 0 Å². The van der Waals surface area contributed by atoms with Crippen molar-refractivity contribution in [3.05, 3.63) is 72.9 Å². The van der Waals surface area contributed by atoms with Gasteiger partial charge in [-0.1, -0.05) is 363 Å². The molecular weight excluding hydrogens is 1020 g/mol. The van der Waals surface area contributed by atoms with Crippen LogP contribution in [-0.4, -0.2) is 37.2 Å². The van der Waals surface area contributed by atoms with Gasteiger partial charge in [-0.3, -0.25) is 14.4 Å². The van der Waals surface area contributed by atoms with Crippen LogP contribution in [0.2, 0.25) is 0 Å². The fourth-order valence-electron chi connectivity index (χ4n) is 10.8. The van der Waals surface area contributed by atoms with Gasteiger partial charge < -0.3 is 14.2 Å². The third-order valence-electron chi connectivity index (χ3n) is 16.2. The van der Waals surface area contributed by atoms with E-state index in [-0.39, 0.29) is 31.1 Å². The van der Waals surface area contributed by atoms with Crippen molar-refractivity contribution in [1.29, 1.82) is 0 Å². The summed E-state index contributed by atoms with van der Waals surface area (Å²) in [5.41, 5.74) is 0. The summed E-state index contributed by atoms with van der Waals surface area (Å²) in [6.07, 6.45) is 93.6. The van der Waals surface area contributed by atoms with E-state index < -0.39 is 6.10 Å². The molecule has 0 amide bonds. The molecule has 0 heterocycles. The van der Waals surface area contributed by atoms with Crippen LogP contribution in [0.4, 0.5) is 0 Å². The van der Waals surface area contributed by atoms with Crippen molar-refractivity contribution < 1.29 is 28.6 Å². The standard InChI is InChI=1S/C77H138O6/c1-4-7-10-13-16-19-22-25-27-29-31-33-35-37-38-40-41-43-45-47-49-52-55-58-61-64-67-70-76(79)82-73-74(72-81-75(78)69-66-63-60-57-54-51-24-21-18-15-12-9-6-3)83-77(80)71-68-65-62-59-56-53-50-48-46-44-42-39-36-34-32-30-28-26-23-20-17-14-11-8-5-2/h7,10,16,19,25,27,31,33,37-38,41,43,74H,4-6,8-9,11-15,17-18,20-24,26,28-30,32,34-36,39-40,42,44-73H2,1-3H3/b10-7-,19-16-,27-25-,33-31-,38-37-,43-41-. The second kappa shape index (κ2) is 71.3. The van der Waals surface area contributed by atoms with Crippen molar-refractivity contribution in [2.24, 2.45) is 0 Å². The van der Waals surface area contributed by atoms with Crippen LogP contribution in [-0.2, 0) is 28.6 Å². The van der Waals surface area contributed by atoms with Crippen molar-refractivity contribution in [2.75, 3.05) is 13.2 Å². The van der Waals surface area contributed by atoms with Gasteiger partial charge in [-0.05, 0) is 70.6 Å². The zero-order chi connectivity index (χ0) is 59.9. The fourth-order valence-corrected chi connectivity index (χ4v) is 10.8. The first-order valence-corrected chi connectivity index (χ1v) is 36.4. The Morgan fingerprint density at radius 1 is 0.253 bits per heavy atom. The number of allylic oxidation sites excluding steroid dienone is 12. The SMILES string of the molecule is CC/C=C\C/C=C\C/C=C\C/C=C\C/C=C\C/C=C\CCCCCCCCCCC(=O)OCC(COC(=O)CCCCCCCCCCCCCCC)OC(=O)CCCCCCCCCCCCCCCCCCCCCCCCCCC. The van der Waals surface area contributed by atoms with Crippen molar-refractivity contribution >= 4 is 17.9 Å². The van der Waals surface area contributed by atoms with E-state index in [9.17, 15) is 14.4 Å². The predicted octanol–water partition coefficient (Wildman–Crippen LogP) is 25.2. The van der Waals surface area contributed by atoms with E-state index in [1.54, 1.807) is 0 Å². The Bertz CT molecular complexity index is 1520. The summed E-state index contributed by atoms with van der Waals surface area (Å²) in [5, 5.41) is 0. The Morgan fingerprint density at radius 2 is 0.470 bits per heavy atom. The maximum Gasteiger partial charge on any atom is 0.306 e. The first kappa shape index (κ1) is 79.8. The number of hydrogen-bond acceptors (Lipinski definition) is 6. The van der Waals surface area contributed by atoms with E-state index in [1.165, 1.54) is 238 Å². The molecule has 0 saturated heterocycles. The zero-order valence-electron chi connectivity index (χ0n) is 55.5. The highest BCUT2D eigenvalue weighted by Gasteiger charge is 2.19. The lowest BCUT2D eigenvalue weighted by atomic mass is 10.0. The Hall–Kier alpha value is -3.15. The minimum atomic E-state index is -0.777. The summed E-state index contributed by atoms with van der Waals surface area (Å²) in [5.74, 6) is -0.856. The number of esters is 3. The van der Waals surface area contributed by atoms with Crippen LogP contribution < -0.4 is 0 Å². The third-order valence-corrected chi connectivity index (χ3v) is 16.2. The van der Waals surface area contributed by atoms with Gasteiger partial charge in [0.25, 0.3) is 0 Å². The van der Waals surface area contributed by atoms with Crippen LogP contribution >= 0.6 is 0 Å². The summed E-state index contributed by atoms with van der Waals surface area (Å²) in [6, 6.07) is 0. The molecule has 0 aliphatic heterocycles. The minimum absolute atomic E-state index is 0.0723. The number of ether oxygens (including phenoxy) is 3. The fraction of sp³-hybridized carbons (Fsp3) is 0.805. The van der Waals surface area contributed by atoms with Gasteiger partial charge in [0.2, 0.25) is 0 Å². The molecule has 0 spiro atoms. The number of hydrogen-bond donors (Lipinski definition) is 0. The second-order valence-corrected chi connectivity index (χ2v) is 24.5. The van der Waals surface area contributed by atoms with E-state index in [0.29, 0.717) is 19.3 Å². The molecule has 482 valence electrons. The molecule has 0 aliphatic rings. The van der Waals surface area contributed by atoms with E-state index >= 15 is 0 Å². The van der Waals surface area contributed by atoms with E-state index in [0.717, 1.165) is 103 Å². The first-order chi connectivity index (χ1) is 41.0. The largest absolute Gasteiger partial charge is 0.462 e. The van der Waals surface area contributed by atoms with Crippen molar-refractivity contribution in [2.45, 2.75) is 386 Å². The summed E-state index contributed by atoms with van der Waals surface area (Å²) in [4.78, 5) is 38.5. The van der Waals surface area contributed by atoms with Crippen LogP contribution in [0.25, 0.3) is 0 Å². The lowest BCUT2D eigenvalue weighted by molar-refractivity contribution is -0.167. The van der Waals surface area contributed by atoms with Crippen LogP contribution in [0, 0.1) is 0 Å². The smallest absolute Gasteiger partial charge is 0.306 e. The normalized spacial score (nSPS) is 12.5. The summed E-state index contributed by atoms with van der Waals surface area (Å²) >= 11 is 0. The number of carbonyl (C=O) groups excluding carboxylic acids is 3. The van der Waals surface area contributed by atoms with E-state index in [4.69, 9.17) is 14.2 Å². The van der Waals surface area contributed by atoms with Crippen LogP contribution in [0.5, 0.6) is 0 Å². The molecule has 83 heavy (non-hydrogen) atoms. The summed E-state index contributed by atoms with van der Waals surface area (Å²) < 4.78 is 17.0. The lowest BCUT2D eigenvalue weighted by Crippen LogP contribution is -2.30. The van der Waals surface area contributed by atoms with Gasteiger partial charge in [0.15, 0.2) is 6.10 Å². The number of rotatable bonds is 67. The Labute approximate surface area is 516 Å². The predicted molar refractivity (Wildman–Crippen MR) is 362 cm³/mol. The highest BCUT2D eigenvalue weighted by molar-refractivity contribution is 5.71. The minimum Gasteiger partial charge on any atom is -0.462 e. The topological polar surface area (TPSA) is 78.9 Å². The molecule has 6 heteroatoms. The molecule has 6 nitrogen and oxygen atoms in total. The molecular formula is C77H138O6. The Balaban J connectivity index is 4.26. The summed E-state index contributed by atoms with van der Waals surface area (Å²) in [6.45, 7) is 6.58. The first-order valence-electron chi connectivity index (χ1n) is 36.4. The van der Waals surface area contributed by atoms with Crippen LogP contribution in [0.3, 0.4) is 0 Å². The Morgan fingerprint density at radius 3 is 0.735 bits per heavy atom. The highest BCUT2D eigenvalue weighted by atomic mass is 16.6. The lowest BCUT2D eigenvalue weighted by Gasteiger charge is -2.18. The summed E-state index contributed by atoms with van der Waals surface area (Å²) in [7, 11) is 0. The monoisotopic (exact) mass is 1160 g/mol. The second-order valence-electron chi connectivity index (χ2n) is 24.5. The Kier molecular flexibility index (Phi) is 68.6. The van der Waals surface area contributed by atoms with Crippen molar-refractivity contribution in [1.82, 2.24) is 0 Å². The molecule has 0 aromatic heterocycles. The van der Waals surface area contributed by atoms with Crippen molar-refractivity contribution in [3.63, 3.8) is 0 Å². The molecule has 0 aromatic carbocycles.